The third kappa shape index (κ3) is 1.38. The molecular weight excluding hydrogens is 150 g/mol. The molecule has 2 aliphatic rings. The quantitative estimate of drug-likeness (QED) is 0.620. The lowest BCUT2D eigenvalue weighted by Gasteiger charge is -2.46. The molecule has 1 aliphatic heterocycles. The van der Waals surface area contributed by atoms with E-state index in [9.17, 15) is 5.11 Å². The summed E-state index contributed by atoms with van der Waals surface area (Å²) in [5.74, 6) is 0.792. The van der Waals surface area contributed by atoms with Crippen LogP contribution in [0.1, 0.15) is 39.0 Å². The van der Waals surface area contributed by atoms with Crippen molar-refractivity contribution in [1.29, 1.82) is 0 Å². The zero-order chi connectivity index (χ0) is 8.60. The molecule has 2 heteroatoms. The van der Waals surface area contributed by atoms with E-state index in [1.807, 2.05) is 0 Å². The van der Waals surface area contributed by atoms with Crippen LogP contribution in [-0.4, -0.2) is 23.3 Å². The minimum atomic E-state index is -0.339. The molecule has 1 saturated carbocycles. The van der Waals surface area contributed by atoms with Crippen LogP contribution in [0.4, 0.5) is 0 Å². The molecule has 2 rings (SSSR count). The molecule has 12 heavy (non-hydrogen) atoms. The highest BCUT2D eigenvalue weighted by Gasteiger charge is 2.43. The fraction of sp³-hybridized carbons (Fsp3) is 1.00. The van der Waals surface area contributed by atoms with E-state index in [-0.39, 0.29) is 5.60 Å². The fourth-order valence-corrected chi connectivity index (χ4v) is 2.40. The summed E-state index contributed by atoms with van der Waals surface area (Å²) in [6.07, 6.45) is 5.67. The normalized spacial score (nSPS) is 40.5. The maximum Gasteiger partial charge on any atom is 0.0800 e. The second-order valence-electron chi connectivity index (χ2n) is 4.59. The number of aliphatic hydroxyl groups is 1. The Bertz CT molecular complexity index is 165. The van der Waals surface area contributed by atoms with E-state index in [0.29, 0.717) is 6.04 Å². The molecule has 0 aromatic heterocycles. The summed E-state index contributed by atoms with van der Waals surface area (Å²) in [6, 6.07) is 0.384. The smallest absolute Gasteiger partial charge is 0.0800 e. The molecule has 2 N–H and O–H groups in total. The molecule has 0 radical (unpaired) electrons. The molecule has 1 saturated heterocycles. The van der Waals surface area contributed by atoms with Crippen LogP contribution in [0.25, 0.3) is 0 Å². The molecule has 0 amide bonds. The van der Waals surface area contributed by atoms with Gasteiger partial charge in [-0.05, 0) is 44.6 Å². The van der Waals surface area contributed by atoms with Crippen LogP contribution in [0.5, 0.6) is 0 Å². The van der Waals surface area contributed by atoms with Crippen molar-refractivity contribution < 1.29 is 5.11 Å². The SMILES string of the molecule is CC1CCNC(C2(O)CCC2)C1. The summed E-state index contributed by atoms with van der Waals surface area (Å²) in [5.41, 5.74) is -0.339. The van der Waals surface area contributed by atoms with Crippen LogP contribution >= 0.6 is 0 Å². The average molecular weight is 169 g/mol. The second kappa shape index (κ2) is 3.00. The predicted octanol–water partition coefficient (Wildman–Crippen LogP) is 1.29. The zero-order valence-corrected chi connectivity index (χ0v) is 7.84. The topological polar surface area (TPSA) is 32.3 Å². The molecule has 0 spiro atoms. The molecule has 2 unspecified atom stereocenters. The number of piperidine rings is 1. The van der Waals surface area contributed by atoms with E-state index >= 15 is 0 Å². The molecule has 1 aliphatic carbocycles. The largest absolute Gasteiger partial charge is 0.388 e. The number of rotatable bonds is 1. The maximum atomic E-state index is 10.1. The Hall–Kier alpha value is -0.0800. The standard InChI is InChI=1S/C10H19NO/c1-8-3-6-11-9(7-8)10(12)4-2-5-10/h8-9,11-12H,2-7H2,1H3. The minimum absolute atomic E-state index is 0.339. The van der Waals surface area contributed by atoms with Crippen molar-refractivity contribution in [3.63, 3.8) is 0 Å². The molecule has 70 valence electrons. The van der Waals surface area contributed by atoms with Crippen molar-refractivity contribution in [2.75, 3.05) is 6.54 Å². The van der Waals surface area contributed by atoms with Gasteiger partial charge in [-0.1, -0.05) is 6.92 Å². The van der Waals surface area contributed by atoms with Crippen LogP contribution in [0.3, 0.4) is 0 Å². The first-order valence-electron chi connectivity index (χ1n) is 5.16. The van der Waals surface area contributed by atoms with Gasteiger partial charge in [-0.2, -0.15) is 0 Å². The van der Waals surface area contributed by atoms with E-state index in [1.54, 1.807) is 0 Å². The van der Waals surface area contributed by atoms with Gasteiger partial charge in [0.05, 0.1) is 5.60 Å². The van der Waals surface area contributed by atoms with Gasteiger partial charge >= 0.3 is 0 Å². The predicted molar refractivity (Wildman–Crippen MR) is 49.0 cm³/mol. The van der Waals surface area contributed by atoms with Crippen molar-refractivity contribution in [1.82, 2.24) is 5.32 Å². The Morgan fingerprint density at radius 2 is 2.17 bits per heavy atom. The van der Waals surface area contributed by atoms with Crippen molar-refractivity contribution >= 4 is 0 Å². The van der Waals surface area contributed by atoms with Crippen molar-refractivity contribution in [3.8, 4) is 0 Å². The summed E-state index contributed by atoms with van der Waals surface area (Å²) >= 11 is 0. The first-order valence-corrected chi connectivity index (χ1v) is 5.16. The summed E-state index contributed by atoms with van der Waals surface area (Å²) in [7, 11) is 0. The highest BCUT2D eigenvalue weighted by molar-refractivity contribution is 4.99. The summed E-state index contributed by atoms with van der Waals surface area (Å²) in [4.78, 5) is 0. The fourth-order valence-electron chi connectivity index (χ4n) is 2.40. The summed E-state index contributed by atoms with van der Waals surface area (Å²) < 4.78 is 0. The van der Waals surface area contributed by atoms with E-state index in [0.717, 1.165) is 31.7 Å². The van der Waals surface area contributed by atoms with E-state index in [4.69, 9.17) is 0 Å². The minimum Gasteiger partial charge on any atom is -0.388 e. The van der Waals surface area contributed by atoms with Gasteiger partial charge in [-0.3, -0.25) is 0 Å². The van der Waals surface area contributed by atoms with Gasteiger partial charge in [-0.15, -0.1) is 0 Å². The van der Waals surface area contributed by atoms with Crippen molar-refractivity contribution in [3.05, 3.63) is 0 Å². The first-order chi connectivity index (χ1) is 5.71. The Balaban J connectivity index is 1.94. The molecule has 0 aromatic carbocycles. The molecule has 2 fully saturated rings. The first kappa shape index (κ1) is 8.52. The van der Waals surface area contributed by atoms with Gasteiger partial charge in [0.2, 0.25) is 0 Å². The lowest BCUT2D eigenvalue weighted by atomic mass is 9.71. The molecular formula is C10H19NO. The molecule has 2 atom stereocenters. The van der Waals surface area contributed by atoms with Gasteiger partial charge in [-0.25, -0.2) is 0 Å². The van der Waals surface area contributed by atoms with E-state index in [2.05, 4.69) is 12.2 Å². The lowest BCUT2D eigenvalue weighted by molar-refractivity contribution is -0.0752. The molecule has 2 nitrogen and oxygen atoms in total. The average Bonchev–Trinajstić information content (AvgIpc) is 2.00. The van der Waals surface area contributed by atoms with Gasteiger partial charge < -0.3 is 10.4 Å². The van der Waals surface area contributed by atoms with E-state index < -0.39 is 0 Å². The van der Waals surface area contributed by atoms with Crippen molar-refractivity contribution in [2.24, 2.45) is 5.92 Å². The zero-order valence-electron chi connectivity index (χ0n) is 7.84. The van der Waals surface area contributed by atoms with Gasteiger partial charge in [0.15, 0.2) is 0 Å². The van der Waals surface area contributed by atoms with Crippen LogP contribution < -0.4 is 5.32 Å². The van der Waals surface area contributed by atoms with Crippen LogP contribution in [-0.2, 0) is 0 Å². The Morgan fingerprint density at radius 3 is 2.67 bits per heavy atom. The molecule has 0 bridgehead atoms. The van der Waals surface area contributed by atoms with Gasteiger partial charge in [0.1, 0.15) is 0 Å². The number of hydrogen-bond donors (Lipinski definition) is 2. The van der Waals surface area contributed by atoms with Crippen LogP contribution in [0, 0.1) is 5.92 Å². The lowest BCUT2D eigenvalue weighted by Crippen LogP contribution is -2.57. The maximum absolute atomic E-state index is 10.1. The third-order valence-corrected chi connectivity index (χ3v) is 3.53. The van der Waals surface area contributed by atoms with Crippen LogP contribution in [0.2, 0.25) is 0 Å². The summed E-state index contributed by atoms with van der Waals surface area (Å²) in [6.45, 7) is 3.38. The number of hydrogen-bond acceptors (Lipinski definition) is 2. The van der Waals surface area contributed by atoms with Gasteiger partial charge in [0.25, 0.3) is 0 Å². The highest BCUT2D eigenvalue weighted by atomic mass is 16.3. The third-order valence-electron chi connectivity index (χ3n) is 3.53. The highest BCUT2D eigenvalue weighted by Crippen LogP contribution is 2.38. The molecule has 0 aromatic rings. The Morgan fingerprint density at radius 1 is 1.42 bits per heavy atom. The second-order valence-corrected chi connectivity index (χ2v) is 4.59. The van der Waals surface area contributed by atoms with Crippen molar-refractivity contribution in [2.45, 2.75) is 50.7 Å². The number of nitrogens with one attached hydrogen (secondary N) is 1. The van der Waals surface area contributed by atoms with E-state index in [1.165, 1.54) is 12.8 Å². The summed E-state index contributed by atoms with van der Waals surface area (Å²) in [5, 5.41) is 13.5. The Labute approximate surface area is 74.4 Å². The Kier molecular flexibility index (Phi) is 2.13. The van der Waals surface area contributed by atoms with Gasteiger partial charge in [0, 0.05) is 6.04 Å². The van der Waals surface area contributed by atoms with Crippen LogP contribution in [0.15, 0.2) is 0 Å². The molecule has 1 heterocycles. The monoisotopic (exact) mass is 169 g/mol.